The molecule has 2 aromatic heterocycles. The molecule has 0 saturated carbocycles. The highest BCUT2D eigenvalue weighted by Gasteiger charge is 2.07. The minimum atomic E-state index is 0.385. The van der Waals surface area contributed by atoms with Crippen LogP contribution in [0.5, 0.6) is 0 Å². The Kier molecular flexibility index (Phi) is 3.45. The number of ether oxygens (including phenoxy) is 1. The molecular formula is C10H12N4O2. The minimum Gasteiger partial charge on any atom is -0.403 e. The smallest absolute Gasteiger partial charge is 0.315 e. The molecule has 0 aliphatic rings. The van der Waals surface area contributed by atoms with Crippen LogP contribution in [0.25, 0.3) is 11.5 Å². The number of anilines is 1. The van der Waals surface area contributed by atoms with Gasteiger partial charge in [-0.15, -0.1) is 5.10 Å². The van der Waals surface area contributed by atoms with Gasteiger partial charge in [-0.05, 0) is 12.1 Å². The lowest BCUT2D eigenvalue weighted by molar-refractivity contribution is 0.210. The molecule has 0 aromatic carbocycles. The number of nitrogens with zero attached hydrogens (tertiary/aromatic N) is 3. The van der Waals surface area contributed by atoms with Gasteiger partial charge in [-0.3, -0.25) is 4.98 Å². The number of nitrogens with one attached hydrogen (secondary N) is 1. The Morgan fingerprint density at radius 3 is 3.12 bits per heavy atom. The molecule has 0 atom stereocenters. The van der Waals surface area contributed by atoms with Gasteiger partial charge in [0.1, 0.15) is 0 Å². The van der Waals surface area contributed by atoms with Crippen molar-refractivity contribution in [1.29, 1.82) is 0 Å². The van der Waals surface area contributed by atoms with Gasteiger partial charge >= 0.3 is 6.01 Å². The highest BCUT2D eigenvalue weighted by Crippen LogP contribution is 2.17. The van der Waals surface area contributed by atoms with Crippen molar-refractivity contribution in [2.75, 3.05) is 25.6 Å². The maximum absolute atomic E-state index is 5.39. The monoisotopic (exact) mass is 220 g/mol. The van der Waals surface area contributed by atoms with Crippen molar-refractivity contribution >= 4 is 6.01 Å². The molecule has 0 unspecified atom stereocenters. The number of methoxy groups -OCH3 is 1. The van der Waals surface area contributed by atoms with E-state index >= 15 is 0 Å². The molecule has 2 aromatic rings. The molecule has 2 rings (SSSR count). The van der Waals surface area contributed by atoms with Gasteiger partial charge in [0, 0.05) is 26.0 Å². The third-order valence-corrected chi connectivity index (χ3v) is 1.92. The van der Waals surface area contributed by atoms with Crippen LogP contribution in [0, 0.1) is 0 Å². The van der Waals surface area contributed by atoms with E-state index in [-0.39, 0.29) is 0 Å². The number of pyridine rings is 1. The third-order valence-electron chi connectivity index (χ3n) is 1.92. The second kappa shape index (κ2) is 5.22. The summed E-state index contributed by atoms with van der Waals surface area (Å²) in [5, 5.41) is 10.7. The molecule has 6 nitrogen and oxygen atoms in total. The Morgan fingerprint density at radius 1 is 1.44 bits per heavy atom. The molecule has 0 aliphatic carbocycles. The lowest BCUT2D eigenvalue weighted by atomic mass is 10.3. The van der Waals surface area contributed by atoms with E-state index < -0.39 is 0 Å². The van der Waals surface area contributed by atoms with Crippen LogP contribution in [-0.2, 0) is 4.74 Å². The van der Waals surface area contributed by atoms with Crippen molar-refractivity contribution < 1.29 is 9.15 Å². The average Bonchev–Trinajstić information content (AvgIpc) is 2.79. The maximum atomic E-state index is 5.39. The zero-order valence-corrected chi connectivity index (χ0v) is 8.88. The first-order valence-corrected chi connectivity index (χ1v) is 4.87. The van der Waals surface area contributed by atoms with Crippen molar-refractivity contribution in [2.45, 2.75) is 0 Å². The molecule has 0 saturated heterocycles. The largest absolute Gasteiger partial charge is 0.403 e. The molecule has 6 heteroatoms. The standard InChI is InChI=1S/C10H12N4O2/c1-15-6-5-12-10-14-13-9(16-10)8-3-2-4-11-7-8/h2-4,7H,5-6H2,1H3,(H,12,14). The van der Waals surface area contributed by atoms with E-state index in [0.717, 1.165) is 5.56 Å². The Bertz CT molecular complexity index is 429. The van der Waals surface area contributed by atoms with Crippen LogP contribution in [0.3, 0.4) is 0 Å². The highest BCUT2D eigenvalue weighted by atomic mass is 16.5. The van der Waals surface area contributed by atoms with Gasteiger partial charge in [0.15, 0.2) is 0 Å². The lowest BCUT2D eigenvalue weighted by Gasteiger charge is -1.98. The van der Waals surface area contributed by atoms with E-state index in [1.807, 2.05) is 12.1 Å². The van der Waals surface area contributed by atoms with Gasteiger partial charge in [-0.1, -0.05) is 5.10 Å². The van der Waals surface area contributed by atoms with E-state index in [4.69, 9.17) is 9.15 Å². The Labute approximate surface area is 92.7 Å². The zero-order chi connectivity index (χ0) is 11.2. The predicted molar refractivity (Wildman–Crippen MR) is 57.9 cm³/mol. The number of rotatable bonds is 5. The van der Waals surface area contributed by atoms with Gasteiger partial charge in [-0.25, -0.2) is 0 Å². The number of hydrogen-bond acceptors (Lipinski definition) is 6. The normalized spacial score (nSPS) is 10.3. The average molecular weight is 220 g/mol. The van der Waals surface area contributed by atoms with Crippen molar-refractivity contribution in [3.05, 3.63) is 24.5 Å². The Morgan fingerprint density at radius 2 is 2.38 bits per heavy atom. The first-order valence-electron chi connectivity index (χ1n) is 4.87. The van der Waals surface area contributed by atoms with E-state index in [0.29, 0.717) is 25.1 Å². The number of hydrogen-bond donors (Lipinski definition) is 1. The van der Waals surface area contributed by atoms with Crippen LogP contribution >= 0.6 is 0 Å². The van der Waals surface area contributed by atoms with E-state index in [1.165, 1.54) is 0 Å². The molecule has 2 heterocycles. The first kappa shape index (κ1) is 10.6. The summed E-state index contributed by atoms with van der Waals surface area (Å²) in [5.74, 6) is 0.452. The van der Waals surface area contributed by atoms with Crippen LogP contribution in [0.2, 0.25) is 0 Å². The summed E-state index contributed by atoms with van der Waals surface area (Å²) in [6.45, 7) is 1.22. The molecule has 0 fully saturated rings. The predicted octanol–water partition coefficient (Wildman–Crippen LogP) is 1.19. The second-order valence-corrected chi connectivity index (χ2v) is 3.07. The fourth-order valence-corrected chi connectivity index (χ4v) is 1.16. The van der Waals surface area contributed by atoms with Crippen molar-refractivity contribution in [3.8, 4) is 11.5 Å². The summed E-state index contributed by atoms with van der Waals surface area (Å²) in [4.78, 5) is 3.98. The minimum absolute atomic E-state index is 0.385. The SMILES string of the molecule is COCCNc1nnc(-c2cccnc2)o1. The quantitative estimate of drug-likeness (QED) is 0.763. The molecule has 0 bridgehead atoms. The maximum Gasteiger partial charge on any atom is 0.315 e. The molecule has 16 heavy (non-hydrogen) atoms. The van der Waals surface area contributed by atoms with Gasteiger partial charge in [-0.2, -0.15) is 0 Å². The van der Waals surface area contributed by atoms with Crippen LogP contribution in [0.1, 0.15) is 0 Å². The van der Waals surface area contributed by atoms with Crippen LogP contribution in [0.4, 0.5) is 6.01 Å². The van der Waals surface area contributed by atoms with Gasteiger partial charge in [0.25, 0.3) is 5.89 Å². The van der Waals surface area contributed by atoms with Crippen LogP contribution in [-0.4, -0.2) is 35.4 Å². The highest BCUT2D eigenvalue weighted by molar-refractivity contribution is 5.51. The fraction of sp³-hybridized carbons (Fsp3) is 0.300. The van der Waals surface area contributed by atoms with Gasteiger partial charge in [0.2, 0.25) is 0 Å². The summed E-state index contributed by atoms with van der Waals surface area (Å²) < 4.78 is 10.3. The van der Waals surface area contributed by atoms with E-state index in [1.54, 1.807) is 19.5 Å². The molecule has 84 valence electrons. The summed E-state index contributed by atoms with van der Waals surface area (Å²) in [6, 6.07) is 4.06. The molecule has 0 spiro atoms. The van der Waals surface area contributed by atoms with E-state index in [9.17, 15) is 0 Å². The zero-order valence-electron chi connectivity index (χ0n) is 8.88. The summed E-state index contributed by atoms with van der Waals surface area (Å²) in [5.41, 5.74) is 0.801. The molecule has 0 amide bonds. The first-order chi connectivity index (χ1) is 7.90. The molecule has 0 radical (unpaired) electrons. The second-order valence-electron chi connectivity index (χ2n) is 3.07. The van der Waals surface area contributed by atoms with E-state index in [2.05, 4.69) is 20.5 Å². The number of aromatic nitrogens is 3. The molecule has 1 N–H and O–H groups in total. The lowest BCUT2D eigenvalue weighted by Crippen LogP contribution is -2.07. The van der Waals surface area contributed by atoms with Crippen LogP contribution in [0.15, 0.2) is 28.9 Å². The van der Waals surface area contributed by atoms with Crippen molar-refractivity contribution in [1.82, 2.24) is 15.2 Å². The molecular weight excluding hydrogens is 208 g/mol. The van der Waals surface area contributed by atoms with Crippen LogP contribution < -0.4 is 5.32 Å². The van der Waals surface area contributed by atoms with Crippen molar-refractivity contribution in [2.24, 2.45) is 0 Å². The summed E-state index contributed by atoms with van der Waals surface area (Å²) in [7, 11) is 1.64. The van der Waals surface area contributed by atoms with Crippen molar-refractivity contribution in [3.63, 3.8) is 0 Å². The van der Waals surface area contributed by atoms with Gasteiger partial charge < -0.3 is 14.5 Å². The Hall–Kier alpha value is -1.95. The summed E-state index contributed by atoms with van der Waals surface area (Å²) >= 11 is 0. The fourth-order valence-electron chi connectivity index (χ4n) is 1.16. The topological polar surface area (TPSA) is 73.1 Å². The summed E-state index contributed by atoms with van der Waals surface area (Å²) in [6.07, 6.45) is 3.37. The third kappa shape index (κ3) is 2.54. The van der Waals surface area contributed by atoms with Gasteiger partial charge in [0.05, 0.1) is 12.2 Å². The Balaban J connectivity index is 2.02. The molecule has 0 aliphatic heterocycles.